The summed E-state index contributed by atoms with van der Waals surface area (Å²) in [5.41, 5.74) is 2.13. The van der Waals surface area contributed by atoms with Crippen molar-refractivity contribution in [3.8, 4) is 0 Å². The van der Waals surface area contributed by atoms with Crippen LogP contribution in [0, 0.1) is 6.92 Å². The van der Waals surface area contributed by atoms with E-state index in [1.807, 2.05) is 38.1 Å². The molecule has 22 heavy (non-hydrogen) atoms. The number of amides is 1. The highest BCUT2D eigenvalue weighted by molar-refractivity contribution is 5.84. The predicted molar refractivity (Wildman–Crippen MR) is 81.0 cm³/mol. The SMILES string of the molecule is CCc1nnc(CN2CCNC(=O)[C@@H]2c2ccccc2C)o1. The van der Waals surface area contributed by atoms with Crippen molar-refractivity contribution >= 4 is 5.91 Å². The molecule has 0 aliphatic carbocycles. The van der Waals surface area contributed by atoms with Gasteiger partial charge in [-0.05, 0) is 18.1 Å². The summed E-state index contributed by atoms with van der Waals surface area (Å²) < 4.78 is 5.59. The second-order valence-corrected chi connectivity index (χ2v) is 5.46. The van der Waals surface area contributed by atoms with Crippen LogP contribution in [0.5, 0.6) is 0 Å². The van der Waals surface area contributed by atoms with Gasteiger partial charge in [0.05, 0.1) is 6.54 Å². The Kier molecular flexibility index (Phi) is 4.20. The number of rotatable bonds is 4. The van der Waals surface area contributed by atoms with E-state index in [9.17, 15) is 4.79 Å². The number of aromatic nitrogens is 2. The zero-order valence-electron chi connectivity index (χ0n) is 12.9. The molecule has 2 heterocycles. The maximum absolute atomic E-state index is 12.4. The number of carbonyl (C=O) groups is 1. The summed E-state index contributed by atoms with van der Waals surface area (Å²) in [5, 5.41) is 11.0. The summed E-state index contributed by atoms with van der Waals surface area (Å²) in [6.45, 7) is 5.88. The van der Waals surface area contributed by atoms with Gasteiger partial charge in [0.25, 0.3) is 0 Å². The maximum Gasteiger partial charge on any atom is 0.242 e. The molecule has 0 saturated carbocycles. The molecule has 1 amide bonds. The number of carbonyl (C=O) groups excluding carboxylic acids is 1. The molecule has 1 aromatic carbocycles. The van der Waals surface area contributed by atoms with E-state index in [2.05, 4.69) is 20.4 Å². The summed E-state index contributed by atoms with van der Waals surface area (Å²) in [7, 11) is 0. The van der Waals surface area contributed by atoms with E-state index in [0.29, 0.717) is 31.3 Å². The average molecular weight is 300 g/mol. The molecule has 1 N–H and O–H groups in total. The summed E-state index contributed by atoms with van der Waals surface area (Å²) in [5.74, 6) is 1.21. The van der Waals surface area contributed by atoms with Crippen molar-refractivity contribution in [1.29, 1.82) is 0 Å². The fraction of sp³-hybridized carbons (Fsp3) is 0.438. The van der Waals surface area contributed by atoms with Crippen LogP contribution in [-0.4, -0.2) is 34.1 Å². The third-order valence-electron chi connectivity index (χ3n) is 3.94. The number of hydrogen-bond donors (Lipinski definition) is 1. The molecular weight excluding hydrogens is 280 g/mol. The van der Waals surface area contributed by atoms with Crippen LogP contribution in [0.25, 0.3) is 0 Å². The lowest BCUT2D eigenvalue weighted by molar-refractivity contribution is -0.129. The van der Waals surface area contributed by atoms with Gasteiger partial charge in [-0.25, -0.2) is 0 Å². The van der Waals surface area contributed by atoms with E-state index < -0.39 is 0 Å². The van der Waals surface area contributed by atoms with Crippen LogP contribution in [0.1, 0.15) is 35.9 Å². The lowest BCUT2D eigenvalue weighted by Crippen LogP contribution is -2.49. The van der Waals surface area contributed by atoms with E-state index >= 15 is 0 Å². The lowest BCUT2D eigenvalue weighted by Gasteiger charge is -2.34. The Morgan fingerprint density at radius 1 is 1.32 bits per heavy atom. The molecule has 1 aliphatic heterocycles. The van der Waals surface area contributed by atoms with Crippen molar-refractivity contribution in [2.24, 2.45) is 0 Å². The standard InChI is InChI=1S/C16H20N4O2/c1-3-13-18-19-14(22-13)10-20-9-8-17-16(21)15(20)12-7-5-4-6-11(12)2/h4-7,15H,3,8-10H2,1-2H3,(H,17,21)/t15-/m0/s1. The fourth-order valence-electron chi connectivity index (χ4n) is 2.79. The molecular formula is C16H20N4O2. The molecule has 0 unspecified atom stereocenters. The van der Waals surface area contributed by atoms with Crippen molar-refractivity contribution in [3.63, 3.8) is 0 Å². The first-order valence-corrected chi connectivity index (χ1v) is 7.57. The molecule has 116 valence electrons. The monoisotopic (exact) mass is 300 g/mol. The number of hydrogen-bond acceptors (Lipinski definition) is 5. The number of piperazine rings is 1. The lowest BCUT2D eigenvalue weighted by atomic mass is 9.98. The van der Waals surface area contributed by atoms with Crippen LogP contribution in [0.3, 0.4) is 0 Å². The minimum Gasteiger partial charge on any atom is -0.424 e. The number of nitrogens with zero attached hydrogens (tertiary/aromatic N) is 3. The van der Waals surface area contributed by atoms with Crippen molar-refractivity contribution in [3.05, 3.63) is 47.2 Å². The Bertz CT molecular complexity index is 668. The first kappa shape index (κ1) is 14.7. The Balaban J connectivity index is 1.87. The van der Waals surface area contributed by atoms with Crippen molar-refractivity contribution < 1.29 is 9.21 Å². The fourth-order valence-corrected chi connectivity index (χ4v) is 2.79. The van der Waals surface area contributed by atoms with E-state index in [1.54, 1.807) is 0 Å². The molecule has 1 aromatic heterocycles. The van der Waals surface area contributed by atoms with Crippen LogP contribution in [0.2, 0.25) is 0 Å². The summed E-state index contributed by atoms with van der Waals surface area (Å²) >= 11 is 0. The molecule has 6 nitrogen and oxygen atoms in total. The summed E-state index contributed by atoms with van der Waals surface area (Å²) in [6, 6.07) is 7.66. The smallest absolute Gasteiger partial charge is 0.242 e. The molecule has 0 bridgehead atoms. The Morgan fingerprint density at radius 3 is 2.82 bits per heavy atom. The molecule has 1 atom stereocenters. The molecule has 0 spiro atoms. The zero-order chi connectivity index (χ0) is 15.5. The van der Waals surface area contributed by atoms with Crippen LogP contribution < -0.4 is 5.32 Å². The summed E-state index contributed by atoms with van der Waals surface area (Å²) in [4.78, 5) is 14.5. The number of nitrogens with one attached hydrogen (secondary N) is 1. The highest BCUT2D eigenvalue weighted by Gasteiger charge is 2.32. The molecule has 1 fully saturated rings. The van der Waals surface area contributed by atoms with Gasteiger partial charge in [0, 0.05) is 19.5 Å². The topological polar surface area (TPSA) is 71.3 Å². The summed E-state index contributed by atoms with van der Waals surface area (Å²) in [6.07, 6.45) is 0.717. The Hall–Kier alpha value is -2.21. The second-order valence-electron chi connectivity index (χ2n) is 5.46. The van der Waals surface area contributed by atoms with Crippen LogP contribution >= 0.6 is 0 Å². The van der Waals surface area contributed by atoms with Crippen molar-refractivity contribution in [2.75, 3.05) is 13.1 Å². The van der Waals surface area contributed by atoms with Crippen molar-refractivity contribution in [1.82, 2.24) is 20.4 Å². The first-order chi connectivity index (χ1) is 10.7. The van der Waals surface area contributed by atoms with Crippen LogP contribution in [0.4, 0.5) is 0 Å². The highest BCUT2D eigenvalue weighted by Crippen LogP contribution is 2.27. The van der Waals surface area contributed by atoms with E-state index in [0.717, 1.165) is 17.7 Å². The average Bonchev–Trinajstić information content (AvgIpc) is 2.96. The van der Waals surface area contributed by atoms with Gasteiger partial charge in [-0.2, -0.15) is 0 Å². The number of aryl methyl sites for hydroxylation is 2. The molecule has 1 saturated heterocycles. The van der Waals surface area contributed by atoms with Gasteiger partial charge >= 0.3 is 0 Å². The van der Waals surface area contributed by atoms with Gasteiger partial charge in [-0.15, -0.1) is 10.2 Å². The van der Waals surface area contributed by atoms with Gasteiger partial charge in [0.15, 0.2) is 0 Å². The first-order valence-electron chi connectivity index (χ1n) is 7.57. The van der Waals surface area contributed by atoms with E-state index in [-0.39, 0.29) is 11.9 Å². The predicted octanol–water partition coefficient (Wildman–Crippen LogP) is 1.61. The van der Waals surface area contributed by atoms with Crippen LogP contribution in [0.15, 0.2) is 28.7 Å². The van der Waals surface area contributed by atoms with Gasteiger partial charge < -0.3 is 9.73 Å². The number of benzene rings is 1. The quantitative estimate of drug-likeness (QED) is 0.929. The molecule has 0 radical (unpaired) electrons. The largest absolute Gasteiger partial charge is 0.424 e. The minimum atomic E-state index is -0.313. The van der Waals surface area contributed by atoms with Crippen LogP contribution in [-0.2, 0) is 17.8 Å². The Labute approximate surface area is 129 Å². The molecule has 1 aliphatic rings. The third kappa shape index (κ3) is 2.87. The van der Waals surface area contributed by atoms with Gasteiger partial charge in [0.1, 0.15) is 6.04 Å². The van der Waals surface area contributed by atoms with Gasteiger partial charge in [-0.3, -0.25) is 9.69 Å². The molecule has 6 heteroatoms. The maximum atomic E-state index is 12.4. The van der Waals surface area contributed by atoms with E-state index in [4.69, 9.17) is 4.42 Å². The van der Waals surface area contributed by atoms with E-state index in [1.165, 1.54) is 0 Å². The molecule has 2 aromatic rings. The minimum absolute atomic E-state index is 0.0239. The Morgan fingerprint density at radius 2 is 2.09 bits per heavy atom. The normalized spacial score (nSPS) is 19.2. The van der Waals surface area contributed by atoms with Crippen molar-refractivity contribution in [2.45, 2.75) is 32.9 Å². The zero-order valence-corrected chi connectivity index (χ0v) is 12.9. The second kappa shape index (κ2) is 6.27. The molecule has 3 rings (SSSR count). The third-order valence-corrected chi connectivity index (χ3v) is 3.94. The van der Waals surface area contributed by atoms with Gasteiger partial charge in [0.2, 0.25) is 17.7 Å². The highest BCUT2D eigenvalue weighted by atomic mass is 16.4. The van der Waals surface area contributed by atoms with Gasteiger partial charge in [-0.1, -0.05) is 31.2 Å².